The summed E-state index contributed by atoms with van der Waals surface area (Å²) >= 11 is 0. The summed E-state index contributed by atoms with van der Waals surface area (Å²) < 4.78 is 0. The maximum Gasteiger partial charge on any atom is 0.0415 e. The number of hydrogen-bond acceptors (Lipinski definition) is 1. The summed E-state index contributed by atoms with van der Waals surface area (Å²) in [5.41, 5.74) is 9.36. The molecule has 0 heterocycles. The first-order valence-corrected chi connectivity index (χ1v) is 6.13. The smallest absolute Gasteiger partial charge is 0.0415 e. The van der Waals surface area contributed by atoms with Crippen LogP contribution in [0.3, 0.4) is 0 Å². The molecule has 1 unspecified atom stereocenters. The van der Waals surface area contributed by atoms with Crippen molar-refractivity contribution in [2.75, 3.05) is 0 Å². The van der Waals surface area contributed by atoms with E-state index in [9.17, 15) is 0 Å². The third-order valence-electron chi connectivity index (χ3n) is 3.62. The van der Waals surface area contributed by atoms with Crippen molar-refractivity contribution < 1.29 is 0 Å². The molecule has 0 amide bonds. The summed E-state index contributed by atoms with van der Waals surface area (Å²) in [5, 5.41) is 0. The average Bonchev–Trinajstić information content (AvgIpc) is 2.59. The number of fused-ring (bicyclic) bond motifs is 1. The summed E-state index contributed by atoms with van der Waals surface area (Å²) in [5.74, 6) is 0. The van der Waals surface area contributed by atoms with E-state index in [0.29, 0.717) is 0 Å². The van der Waals surface area contributed by atoms with Gasteiger partial charge in [0, 0.05) is 5.54 Å². The Morgan fingerprint density at radius 1 is 1.27 bits per heavy atom. The van der Waals surface area contributed by atoms with Gasteiger partial charge in [0.1, 0.15) is 0 Å². The molecule has 15 heavy (non-hydrogen) atoms. The fraction of sp³-hybridized carbons (Fsp3) is 0.571. The van der Waals surface area contributed by atoms with E-state index in [4.69, 9.17) is 5.73 Å². The molecular weight excluding hydrogens is 182 g/mol. The first-order valence-electron chi connectivity index (χ1n) is 6.13. The lowest BCUT2D eigenvalue weighted by atomic mass is 9.87. The highest BCUT2D eigenvalue weighted by Gasteiger charge is 2.33. The SMILES string of the molecule is CCCCCC1(N)CCc2ccccc21. The zero-order valence-electron chi connectivity index (χ0n) is 9.63. The highest BCUT2D eigenvalue weighted by molar-refractivity contribution is 5.38. The molecule has 0 bridgehead atoms. The number of rotatable bonds is 4. The molecular formula is C14H21N. The van der Waals surface area contributed by atoms with Crippen LogP contribution in [-0.4, -0.2) is 0 Å². The van der Waals surface area contributed by atoms with E-state index in [1.54, 1.807) is 0 Å². The van der Waals surface area contributed by atoms with Crippen molar-refractivity contribution in [2.45, 2.75) is 51.0 Å². The van der Waals surface area contributed by atoms with Crippen molar-refractivity contribution in [1.29, 1.82) is 0 Å². The second-order valence-corrected chi connectivity index (χ2v) is 4.77. The Kier molecular flexibility index (Phi) is 3.11. The molecule has 0 saturated heterocycles. The molecule has 1 aromatic carbocycles. The van der Waals surface area contributed by atoms with Crippen LogP contribution in [-0.2, 0) is 12.0 Å². The van der Waals surface area contributed by atoms with Crippen LogP contribution in [0.2, 0.25) is 0 Å². The predicted octanol–water partition coefficient (Wildman–Crippen LogP) is 3.37. The zero-order valence-corrected chi connectivity index (χ0v) is 9.63. The molecule has 0 aromatic heterocycles. The lowest BCUT2D eigenvalue weighted by Gasteiger charge is -2.25. The number of benzene rings is 1. The van der Waals surface area contributed by atoms with Crippen LogP contribution in [0, 0.1) is 0 Å². The first kappa shape index (κ1) is 10.7. The maximum absolute atomic E-state index is 6.51. The molecule has 1 nitrogen and oxygen atoms in total. The van der Waals surface area contributed by atoms with Gasteiger partial charge in [0.25, 0.3) is 0 Å². The standard InChI is InChI=1S/C14H21N/c1-2-3-6-10-14(15)11-9-12-7-4-5-8-13(12)14/h4-5,7-8H,2-3,6,9-11,15H2,1H3. The van der Waals surface area contributed by atoms with Gasteiger partial charge in [0.2, 0.25) is 0 Å². The monoisotopic (exact) mass is 203 g/mol. The zero-order chi connectivity index (χ0) is 10.7. The van der Waals surface area contributed by atoms with Gasteiger partial charge in [-0.05, 0) is 30.4 Å². The van der Waals surface area contributed by atoms with Crippen molar-refractivity contribution in [2.24, 2.45) is 5.73 Å². The fourth-order valence-electron chi connectivity index (χ4n) is 2.67. The van der Waals surface area contributed by atoms with Crippen LogP contribution < -0.4 is 5.73 Å². The van der Waals surface area contributed by atoms with E-state index >= 15 is 0 Å². The summed E-state index contributed by atoms with van der Waals surface area (Å²) in [6.07, 6.45) is 7.30. The number of unbranched alkanes of at least 4 members (excludes halogenated alkanes) is 2. The quantitative estimate of drug-likeness (QED) is 0.746. The van der Waals surface area contributed by atoms with Crippen LogP contribution in [0.5, 0.6) is 0 Å². The van der Waals surface area contributed by atoms with E-state index in [1.807, 2.05) is 0 Å². The summed E-state index contributed by atoms with van der Waals surface area (Å²) in [6.45, 7) is 2.24. The Balaban J connectivity index is 2.10. The van der Waals surface area contributed by atoms with E-state index in [1.165, 1.54) is 36.8 Å². The molecule has 1 atom stereocenters. The molecule has 82 valence electrons. The molecule has 1 heteroatoms. The fourth-order valence-corrected chi connectivity index (χ4v) is 2.67. The second-order valence-electron chi connectivity index (χ2n) is 4.77. The van der Waals surface area contributed by atoms with Crippen molar-refractivity contribution in [3.63, 3.8) is 0 Å². The van der Waals surface area contributed by atoms with Crippen LogP contribution in [0.1, 0.15) is 50.2 Å². The van der Waals surface area contributed by atoms with E-state index < -0.39 is 0 Å². The van der Waals surface area contributed by atoms with Crippen molar-refractivity contribution >= 4 is 0 Å². The largest absolute Gasteiger partial charge is 0.321 e. The van der Waals surface area contributed by atoms with Gasteiger partial charge in [0.05, 0.1) is 0 Å². The van der Waals surface area contributed by atoms with Crippen LogP contribution in [0.25, 0.3) is 0 Å². The molecule has 1 aliphatic carbocycles. The maximum atomic E-state index is 6.51. The highest BCUT2D eigenvalue weighted by atomic mass is 14.8. The van der Waals surface area contributed by atoms with Crippen molar-refractivity contribution in [1.82, 2.24) is 0 Å². The Morgan fingerprint density at radius 3 is 2.87 bits per heavy atom. The number of nitrogens with two attached hydrogens (primary N) is 1. The van der Waals surface area contributed by atoms with Gasteiger partial charge in [0.15, 0.2) is 0 Å². The summed E-state index contributed by atoms with van der Waals surface area (Å²) in [4.78, 5) is 0. The van der Waals surface area contributed by atoms with E-state index in [2.05, 4.69) is 31.2 Å². The average molecular weight is 203 g/mol. The molecule has 0 saturated carbocycles. The minimum atomic E-state index is -0.0221. The molecule has 0 fully saturated rings. The minimum Gasteiger partial charge on any atom is -0.321 e. The topological polar surface area (TPSA) is 26.0 Å². The summed E-state index contributed by atoms with van der Waals surface area (Å²) in [6, 6.07) is 8.68. The first-order chi connectivity index (χ1) is 7.26. The van der Waals surface area contributed by atoms with Crippen LogP contribution in [0.4, 0.5) is 0 Å². The van der Waals surface area contributed by atoms with Gasteiger partial charge in [-0.25, -0.2) is 0 Å². The van der Waals surface area contributed by atoms with Gasteiger partial charge >= 0.3 is 0 Å². The Labute approximate surface area is 92.7 Å². The van der Waals surface area contributed by atoms with Gasteiger partial charge in [-0.1, -0.05) is 50.5 Å². The van der Waals surface area contributed by atoms with Crippen LogP contribution >= 0.6 is 0 Å². The van der Waals surface area contributed by atoms with E-state index in [-0.39, 0.29) is 5.54 Å². The molecule has 1 aliphatic rings. The second kappa shape index (κ2) is 4.36. The number of hydrogen-bond donors (Lipinski definition) is 1. The highest BCUT2D eigenvalue weighted by Crippen LogP contribution is 2.38. The lowest BCUT2D eigenvalue weighted by Crippen LogP contribution is -2.33. The van der Waals surface area contributed by atoms with Gasteiger partial charge in [-0.2, -0.15) is 0 Å². The molecule has 0 spiro atoms. The van der Waals surface area contributed by atoms with Crippen LogP contribution in [0.15, 0.2) is 24.3 Å². The van der Waals surface area contributed by atoms with Gasteiger partial charge in [-0.3, -0.25) is 0 Å². The van der Waals surface area contributed by atoms with Crippen molar-refractivity contribution in [3.05, 3.63) is 35.4 Å². The predicted molar refractivity (Wildman–Crippen MR) is 64.8 cm³/mol. The normalized spacial score (nSPS) is 24.1. The Morgan fingerprint density at radius 2 is 2.07 bits per heavy atom. The Bertz CT molecular complexity index is 332. The molecule has 0 aliphatic heterocycles. The molecule has 2 rings (SSSR count). The third kappa shape index (κ3) is 2.07. The molecule has 0 radical (unpaired) electrons. The Hall–Kier alpha value is -0.820. The number of aryl methyl sites for hydroxylation is 1. The summed E-state index contributed by atoms with van der Waals surface area (Å²) in [7, 11) is 0. The van der Waals surface area contributed by atoms with Gasteiger partial charge < -0.3 is 5.73 Å². The molecule has 1 aromatic rings. The molecule has 2 N–H and O–H groups in total. The van der Waals surface area contributed by atoms with Crippen molar-refractivity contribution in [3.8, 4) is 0 Å². The lowest BCUT2D eigenvalue weighted by molar-refractivity contribution is 0.387. The third-order valence-corrected chi connectivity index (χ3v) is 3.62. The minimum absolute atomic E-state index is 0.0221. The van der Waals surface area contributed by atoms with Gasteiger partial charge in [-0.15, -0.1) is 0 Å². The van der Waals surface area contributed by atoms with E-state index in [0.717, 1.165) is 12.8 Å².